The molecule has 7 nitrogen and oxygen atoms in total. The number of ether oxygens (including phenoxy) is 1. The van der Waals surface area contributed by atoms with Gasteiger partial charge in [0, 0.05) is 25.3 Å². The summed E-state index contributed by atoms with van der Waals surface area (Å²) in [7, 11) is 3.18. The summed E-state index contributed by atoms with van der Waals surface area (Å²) in [4.78, 5) is 24.9. The molecule has 150 valence electrons. The summed E-state index contributed by atoms with van der Waals surface area (Å²) in [6.45, 7) is -0.307. The molecule has 1 heterocycles. The Kier molecular flexibility index (Phi) is 6.61. The molecule has 1 aromatic heterocycles. The fraction of sp³-hybridized carbons (Fsp3) is 0.200. The van der Waals surface area contributed by atoms with Gasteiger partial charge < -0.3 is 9.64 Å². The van der Waals surface area contributed by atoms with Gasteiger partial charge in [0.05, 0.1) is 5.75 Å². The number of hydrogen-bond donors (Lipinski definition) is 0. The molecule has 0 bridgehead atoms. The molecule has 0 saturated carbocycles. The summed E-state index contributed by atoms with van der Waals surface area (Å²) in [6, 6.07) is 15.3. The number of rotatable bonds is 7. The zero-order valence-electron chi connectivity index (χ0n) is 15.9. The Hall–Kier alpha value is -3.20. The molecule has 3 aromatic rings. The van der Waals surface area contributed by atoms with E-state index in [0.717, 1.165) is 17.4 Å². The number of carbonyl (C=O) groups excluding carboxylic acids is 2. The molecule has 0 aliphatic carbocycles. The van der Waals surface area contributed by atoms with E-state index >= 15 is 0 Å². The van der Waals surface area contributed by atoms with Crippen molar-refractivity contribution in [2.75, 3.05) is 26.5 Å². The van der Waals surface area contributed by atoms with Gasteiger partial charge in [0.25, 0.3) is 5.91 Å². The molecule has 9 heteroatoms. The predicted octanol–water partition coefficient (Wildman–Crippen LogP) is 2.80. The normalized spacial score (nSPS) is 10.6. The van der Waals surface area contributed by atoms with Crippen molar-refractivity contribution in [3.05, 3.63) is 60.4 Å². The lowest BCUT2D eigenvalue weighted by atomic mass is 10.2. The van der Waals surface area contributed by atoms with Crippen LogP contribution in [0.1, 0.15) is 0 Å². The van der Waals surface area contributed by atoms with E-state index in [4.69, 9.17) is 4.74 Å². The lowest BCUT2D eigenvalue weighted by Crippen LogP contribution is -2.27. The molecule has 0 spiro atoms. The van der Waals surface area contributed by atoms with Crippen molar-refractivity contribution >= 4 is 23.6 Å². The average Bonchev–Trinajstić information content (AvgIpc) is 3.15. The maximum atomic E-state index is 13.3. The van der Waals surface area contributed by atoms with Gasteiger partial charge in [-0.2, -0.15) is 0 Å². The van der Waals surface area contributed by atoms with E-state index in [9.17, 15) is 14.0 Å². The summed E-state index contributed by atoms with van der Waals surface area (Å²) in [5.74, 6) is -0.681. The number of halogens is 1. The Balaban J connectivity index is 1.81. The van der Waals surface area contributed by atoms with Crippen LogP contribution < -0.4 is 0 Å². The number of aromatic nitrogens is 3. The van der Waals surface area contributed by atoms with E-state index in [0.29, 0.717) is 16.5 Å². The first-order valence-corrected chi connectivity index (χ1v) is 9.69. The Morgan fingerprint density at radius 1 is 1.07 bits per heavy atom. The van der Waals surface area contributed by atoms with Crippen molar-refractivity contribution < 1.29 is 18.7 Å². The Labute approximate surface area is 171 Å². The molecule has 1 amide bonds. The third-order valence-electron chi connectivity index (χ3n) is 3.92. The fourth-order valence-corrected chi connectivity index (χ4v) is 3.15. The van der Waals surface area contributed by atoms with Crippen LogP contribution in [-0.2, 0) is 14.3 Å². The summed E-state index contributed by atoms with van der Waals surface area (Å²) in [5.41, 5.74) is 1.49. The van der Waals surface area contributed by atoms with Crippen LogP contribution in [0.3, 0.4) is 0 Å². The van der Waals surface area contributed by atoms with E-state index < -0.39 is 5.97 Å². The summed E-state index contributed by atoms with van der Waals surface area (Å²) in [6.07, 6.45) is 0. The van der Waals surface area contributed by atoms with Gasteiger partial charge in [-0.25, -0.2) is 4.39 Å². The first-order valence-electron chi connectivity index (χ1n) is 8.71. The number of hydrogen-bond acceptors (Lipinski definition) is 6. The number of nitrogens with zero attached hydrogens (tertiary/aromatic N) is 4. The highest BCUT2D eigenvalue weighted by Gasteiger charge is 2.18. The van der Waals surface area contributed by atoms with Crippen LogP contribution in [0.4, 0.5) is 4.39 Å². The highest BCUT2D eigenvalue weighted by Crippen LogP contribution is 2.28. The van der Waals surface area contributed by atoms with Gasteiger partial charge in [-0.15, -0.1) is 10.2 Å². The number of thioether (sulfide) groups is 1. The number of esters is 1. The van der Waals surface area contributed by atoms with Crippen LogP contribution in [0.5, 0.6) is 0 Å². The van der Waals surface area contributed by atoms with Crippen LogP contribution in [0.2, 0.25) is 0 Å². The Bertz CT molecular complexity index is 991. The first kappa shape index (κ1) is 20.5. The molecular weight excluding hydrogens is 395 g/mol. The Morgan fingerprint density at radius 3 is 2.41 bits per heavy atom. The van der Waals surface area contributed by atoms with Crippen molar-refractivity contribution in [3.8, 4) is 17.1 Å². The Morgan fingerprint density at radius 2 is 1.76 bits per heavy atom. The van der Waals surface area contributed by atoms with Gasteiger partial charge in [0.1, 0.15) is 5.82 Å². The number of carbonyl (C=O) groups is 2. The van der Waals surface area contributed by atoms with Crippen LogP contribution in [-0.4, -0.2) is 58.0 Å². The monoisotopic (exact) mass is 414 g/mol. The van der Waals surface area contributed by atoms with E-state index in [1.54, 1.807) is 30.8 Å². The zero-order chi connectivity index (χ0) is 20.8. The molecular formula is C20H19FN4O3S. The molecule has 0 unspecified atom stereocenters. The molecule has 0 atom stereocenters. The first-order chi connectivity index (χ1) is 14.0. The molecule has 3 rings (SSSR count). The third-order valence-corrected chi connectivity index (χ3v) is 4.83. The summed E-state index contributed by atoms with van der Waals surface area (Å²) >= 11 is 1.14. The quantitative estimate of drug-likeness (QED) is 0.437. The van der Waals surface area contributed by atoms with Gasteiger partial charge in [-0.05, 0) is 36.4 Å². The minimum atomic E-state index is -0.531. The second kappa shape index (κ2) is 9.33. The number of benzene rings is 2. The van der Waals surface area contributed by atoms with Gasteiger partial charge in [0.15, 0.2) is 17.6 Å². The third kappa shape index (κ3) is 5.20. The second-order valence-electron chi connectivity index (χ2n) is 6.22. The zero-order valence-corrected chi connectivity index (χ0v) is 16.7. The van der Waals surface area contributed by atoms with Gasteiger partial charge in [0.2, 0.25) is 0 Å². The molecule has 29 heavy (non-hydrogen) atoms. The van der Waals surface area contributed by atoms with E-state index in [1.165, 1.54) is 17.0 Å². The van der Waals surface area contributed by atoms with Crippen molar-refractivity contribution in [3.63, 3.8) is 0 Å². The number of para-hydroxylation sites is 1. The SMILES string of the molecule is CN(C)C(=O)COC(=O)CSc1nnc(-c2ccc(F)cc2)n1-c1ccccc1. The summed E-state index contributed by atoms with van der Waals surface area (Å²) in [5, 5.41) is 8.89. The van der Waals surface area contributed by atoms with Crippen LogP contribution in [0, 0.1) is 5.82 Å². The van der Waals surface area contributed by atoms with Crippen molar-refractivity contribution in [2.45, 2.75) is 5.16 Å². The molecule has 0 radical (unpaired) electrons. The second-order valence-corrected chi connectivity index (χ2v) is 7.16. The lowest BCUT2D eigenvalue weighted by Gasteiger charge is -2.11. The van der Waals surface area contributed by atoms with E-state index in [1.807, 2.05) is 30.3 Å². The molecule has 0 saturated heterocycles. The molecule has 0 fully saturated rings. The lowest BCUT2D eigenvalue weighted by molar-refractivity contribution is -0.148. The maximum absolute atomic E-state index is 13.3. The fourth-order valence-electron chi connectivity index (χ4n) is 2.40. The smallest absolute Gasteiger partial charge is 0.316 e. The van der Waals surface area contributed by atoms with Crippen molar-refractivity contribution in [2.24, 2.45) is 0 Å². The van der Waals surface area contributed by atoms with Crippen LogP contribution >= 0.6 is 11.8 Å². The number of likely N-dealkylation sites (N-methyl/N-ethyl adjacent to an activating group) is 1. The molecule has 0 N–H and O–H groups in total. The summed E-state index contributed by atoms with van der Waals surface area (Å²) < 4.78 is 20.1. The topological polar surface area (TPSA) is 77.3 Å². The van der Waals surface area contributed by atoms with E-state index in [-0.39, 0.29) is 24.1 Å². The molecule has 2 aromatic carbocycles. The van der Waals surface area contributed by atoms with Gasteiger partial charge >= 0.3 is 5.97 Å². The highest BCUT2D eigenvalue weighted by molar-refractivity contribution is 7.99. The van der Waals surface area contributed by atoms with E-state index in [2.05, 4.69) is 10.2 Å². The van der Waals surface area contributed by atoms with Gasteiger partial charge in [-0.3, -0.25) is 14.2 Å². The molecule has 0 aliphatic rings. The van der Waals surface area contributed by atoms with Crippen molar-refractivity contribution in [1.29, 1.82) is 0 Å². The van der Waals surface area contributed by atoms with Gasteiger partial charge in [-0.1, -0.05) is 30.0 Å². The number of amides is 1. The minimum Gasteiger partial charge on any atom is -0.455 e. The van der Waals surface area contributed by atoms with Crippen molar-refractivity contribution in [1.82, 2.24) is 19.7 Å². The predicted molar refractivity (Wildman–Crippen MR) is 107 cm³/mol. The standard InChI is InChI=1S/C20H19FN4O3S/c1-24(2)17(26)12-28-18(27)13-29-20-23-22-19(14-8-10-15(21)11-9-14)25(20)16-6-4-3-5-7-16/h3-11H,12-13H2,1-2H3. The van der Waals surface area contributed by atoms with Crippen LogP contribution in [0.25, 0.3) is 17.1 Å². The molecule has 0 aliphatic heterocycles. The maximum Gasteiger partial charge on any atom is 0.316 e. The highest BCUT2D eigenvalue weighted by atomic mass is 32.2. The average molecular weight is 414 g/mol. The largest absolute Gasteiger partial charge is 0.455 e. The van der Waals surface area contributed by atoms with Crippen LogP contribution in [0.15, 0.2) is 59.8 Å². The minimum absolute atomic E-state index is 0.0326.